The molecule has 2 fully saturated rings. The van der Waals surface area contributed by atoms with Crippen molar-refractivity contribution in [3.63, 3.8) is 0 Å². The minimum absolute atomic E-state index is 0.0779. The van der Waals surface area contributed by atoms with Crippen LogP contribution in [0.5, 0.6) is 0 Å². The minimum Gasteiger partial charge on any atom is -0.468 e. The molecule has 0 N–H and O–H groups in total. The summed E-state index contributed by atoms with van der Waals surface area (Å²) in [4.78, 5) is 14.5. The number of allylic oxidation sites excluding steroid dienone is 2. The number of rotatable bonds is 3. The second-order valence-electron chi connectivity index (χ2n) is 7.37. The summed E-state index contributed by atoms with van der Waals surface area (Å²) < 4.78 is 5.06. The first kappa shape index (κ1) is 18.7. The quantitative estimate of drug-likeness (QED) is 0.606. The Morgan fingerprint density at radius 1 is 1.25 bits per heavy atom. The molecule has 1 aliphatic carbocycles. The van der Waals surface area contributed by atoms with Crippen LogP contribution in [0.2, 0.25) is 0 Å². The molecule has 3 nitrogen and oxygen atoms in total. The first-order chi connectivity index (χ1) is 11.4. The number of likely N-dealkylation sites (tertiary alicyclic amines) is 1. The summed E-state index contributed by atoms with van der Waals surface area (Å²) in [5, 5.41) is 0. The van der Waals surface area contributed by atoms with Gasteiger partial charge in [0.15, 0.2) is 0 Å². The number of esters is 1. The molecule has 1 heterocycles. The molecule has 1 saturated heterocycles. The normalized spacial score (nSPS) is 28.7. The van der Waals surface area contributed by atoms with E-state index in [0.29, 0.717) is 11.8 Å². The van der Waals surface area contributed by atoms with Gasteiger partial charge < -0.3 is 4.74 Å². The predicted molar refractivity (Wildman–Crippen MR) is 98.6 cm³/mol. The van der Waals surface area contributed by atoms with E-state index in [1.165, 1.54) is 12.7 Å². The third-order valence-corrected chi connectivity index (χ3v) is 5.80. The Morgan fingerprint density at radius 2 is 1.83 bits per heavy atom. The Kier molecular flexibility index (Phi) is 5.87. The smallest absolute Gasteiger partial charge is 0.323 e. The van der Waals surface area contributed by atoms with Crippen LogP contribution >= 0.6 is 0 Å². The molecule has 3 rings (SSSR count). The second kappa shape index (κ2) is 7.52. The molecule has 0 radical (unpaired) electrons. The molecule has 0 amide bonds. The Labute approximate surface area is 146 Å². The lowest BCUT2D eigenvalue weighted by molar-refractivity contribution is -0.148. The lowest BCUT2D eigenvalue weighted by atomic mass is 9.98. The number of piperidine rings is 1. The summed E-state index contributed by atoms with van der Waals surface area (Å²) in [5.41, 5.74) is 1.55. The highest BCUT2D eigenvalue weighted by Crippen LogP contribution is 2.65. The molecule has 2 aliphatic rings. The molecule has 1 aromatic rings. The lowest BCUT2D eigenvalue weighted by Gasteiger charge is -2.34. The SMILES string of the molecule is C/C=C\C.COC(=O)C1C2C(CN1C(C)c1ccccc1)C2(C)C. The monoisotopic (exact) mass is 329 g/mol. The molecular weight excluding hydrogens is 298 g/mol. The van der Waals surface area contributed by atoms with Crippen molar-refractivity contribution in [1.82, 2.24) is 4.90 Å². The van der Waals surface area contributed by atoms with Gasteiger partial charge in [-0.2, -0.15) is 0 Å². The van der Waals surface area contributed by atoms with Gasteiger partial charge in [-0.25, -0.2) is 0 Å². The summed E-state index contributed by atoms with van der Waals surface area (Å²) in [6.45, 7) is 11.7. The van der Waals surface area contributed by atoms with Crippen molar-refractivity contribution in [3.05, 3.63) is 48.0 Å². The van der Waals surface area contributed by atoms with Crippen molar-refractivity contribution < 1.29 is 9.53 Å². The maximum atomic E-state index is 12.2. The molecule has 4 unspecified atom stereocenters. The lowest BCUT2D eigenvalue weighted by Crippen LogP contribution is -2.43. The van der Waals surface area contributed by atoms with E-state index in [1.807, 2.05) is 32.1 Å². The van der Waals surface area contributed by atoms with Crippen LogP contribution in [0.15, 0.2) is 42.5 Å². The van der Waals surface area contributed by atoms with Crippen molar-refractivity contribution in [2.24, 2.45) is 17.3 Å². The number of carbonyl (C=O) groups is 1. The zero-order chi connectivity index (χ0) is 17.9. The van der Waals surface area contributed by atoms with Gasteiger partial charge in [0.05, 0.1) is 7.11 Å². The maximum Gasteiger partial charge on any atom is 0.323 e. The van der Waals surface area contributed by atoms with Crippen molar-refractivity contribution in [1.29, 1.82) is 0 Å². The topological polar surface area (TPSA) is 29.5 Å². The number of carbonyl (C=O) groups excluding carboxylic acids is 1. The van der Waals surface area contributed by atoms with Gasteiger partial charge in [-0.05, 0) is 43.6 Å². The Hall–Kier alpha value is -1.61. The van der Waals surface area contributed by atoms with Gasteiger partial charge in [-0.1, -0.05) is 56.3 Å². The second-order valence-corrected chi connectivity index (χ2v) is 7.37. The fourth-order valence-corrected chi connectivity index (χ4v) is 4.03. The van der Waals surface area contributed by atoms with Gasteiger partial charge in [0.25, 0.3) is 0 Å². The van der Waals surface area contributed by atoms with Crippen LogP contribution in [0.1, 0.15) is 46.2 Å². The minimum atomic E-state index is -0.0878. The van der Waals surface area contributed by atoms with Crippen molar-refractivity contribution in [2.45, 2.75) is 46.7 Å². The highest BCUT2D eigenvalue weighted by Gasteiger charge is 2.69. The molecule has 0 bridgehead atoms. The number of fused-ring (bicyclic) bond motifs is 1. The fraction of sp³-hybridized carbons (Fsp3) is 0.571. The fourth-order valence-electron chi connectivity index (χ4n) is 4.03. The van der Waals surface area contributed by atoms with Crippen LogP contribution in [0, 0.1) is 17.3 Å². The van der Waals surface area contributed by atoms with E-state index < -0.39 is 0 Å². The predicted octanol–water partition coefficient (Wildman–Crippen LogP) is 4.46. The molecule has 0 spiro atoms. The first-order valence-corrected chi connectivity index (χ1v) is 8.85. The number of methoxy groups -OCH3 is 1. The summed E-state index contributed by atoms with van der Waals surface area (Å²) in [6.07, 6.45) is 4.00. The van der Waals surface area contributed by atoms with Gasteiger partial charge in [0.2, 0.25) is 0 Å². The number of hydrogen-bond donors (Lipinski definition) is 0. The highest BCUT2D eigenvalue weighted by atomic mass is 16.5. The van der Waals surface area contributed by atoms with E-state index in [2.05, 4.69) is 49.9 Å². The summed E-state index contributed by atoms with van der Waals surface area (Å²) in [5.74, 6) is 0.990. The Balaban J connectivity index is 0.000000471. The zero-order valence-corrected chi connectivity index (χ0v) is 15.8. The van der Waals surface area contributed by atoms with Gasteiger partial charge in [0, 0.05) is 12.6 Å². The van der Waals surface area contributed by atoms with Gasteiger partial charge in [-0.3, -0.25) is 9.69 Å². The standard InChI is InChI=1S/C17H23NO2.C4H8/c1-11(12-8-6-5-7-9-12)18-10-13-14(17(13,2)3)15(18)16(19)20-4;1-3-4-2/h5-9,11,13-15H,10H2,1-4H3;3-4H,1-2H3/b;4-3-. The molecule has 1 aromatic carbocycles. The summed E-state index contributed by atoms with van der Waals surface area (Å²) in [7, 11) is 1.50. The molecule has 1 aliphatic heterocycles. The Morgan fingerprint density at radius 3 is 2.33 bits per heavy atom. The van der Waals surface area contributed by atoms with Gasteiger partial charge in [-0.15, -0.1) is 0 Å². The number of nitrogens with zero attached hydrogens (tertiary/aromatic N) is 1. The third-order valence-electron chi connectivity index (χ3n) is 5.80. The number of hydrogen-bond acceptors (Lipinski definition) is 3. The van der Waals surface area contributed by atoms with Gasteiger partial charge in [0.1, 0.15) is 6.04 Å². The largest absolute Gasteiger partial charge is 0.468 e. The molecular formula is C21H31NO2. The van der Waals surface area contributed by atoms with Crippen LogP contribution in [-0.2, 0) is 9.53 Å². The van der Waals surface area contributed by atoms with Crippen molar-refractivity contribution in [3.8, 4) is 0 Å². The molecule has 0 aromatic heterocycles. The molecule has 132 valence electrons. The van der Waals surface area contributed by atoms with E-state index in [1.54, 1.807) is 0 Å². The van der Waals surface area contributed by atoms with Crippen LogP contribution in [0.3, 0.4) is 0 Å². The molecule has 1 saturated carbocycles. The average molecular weight is 329 g/mol. The average Bonchev–Trinajstić information content (AvgIpc) is 2.97. The van der Waals surface area contributed by atoms with E-state index in [9.17, 15) is 4.79 Å². The van der Waals surface area contributed by atoms with E-state index in [4.69, 9.17) is 4.74 Å². The van der Waals surface area contributed by atoms with Crippen molar-refractivity contribution >= 4 is 5.97 Å². The van der Waals surface area contributed by atoms with E-state index in [0.717, 1.165) is 6.54 Å². The summed E-state index contributed by atoms with van der Waals surface area (Å²) >= 11 is 0. The zero-order valence-electron chi connectivity index (χ0n) is 15.8. The number of ether oxygens (including phenoxy) is 1. The first-order valence-electron chi connectivity index (χ1n) is 8.85. The maximum absolute atomic E-state index is 12.2. The van der Waals surface area contributed by atoms with Crippen LogP contribution in [0.4, 0.5) is 0 Å². The van der Waals surface area contributed by atoms with Crippen LogP contribution < -0.4 is 0 Å². The molecule has 4 atom stereocenters. The molecule has 24 heavy (non-hydrogen) atoms. The third kappa shape index (κ3) is 3.41. The van der Waals surface area contributed by atoms with Gasteiger partial charge >= 0.3 is 5.97 Å². The highest BCUT2D eigenvalue weighted by molar-refractivity contribution is 5.78. The molecule has 3 heteroatoms. The van der Waals surface area contributed by atoms with Crippen LogP contribution in [0.25, 0.3) is 0 Å². The summed E-state index contributed by atoms with van der Waals surface area (Å²) in [6, 6.07) is 10.6. The number of benzene rings is 1. The van der Waals surface area contributed by atoms with Crippen LogP contribution in [-0.4, -0.2) is 30.6 Å². The Bertz CT molecular complexity index is 575. The van der Waals surface area contributed by atoms with E-state index >= 15 is 0 Å². The van der Waals surface area contributed by atoms with Crippen molar-refractivity contribution in [2.75, 3.05) is 13.7 Å². The van der Waals surface area contributed by atoms with E-state index in [-0.39, 0.29) is 23.5 Å².